The maximum absolute atomic E-state index is 10.9. The first-order valence-corrected chi connectivity index (χ1v) is 5.26. The van der Waals surface area contributed by atoms with Crippen LogP contribution in [0.25, 0.3) is 0 Å². The van der Waals surface area contributed by atoms with Crippen molar-refractivity contribution in [2.45, 2.75) is 25.3 Å². The Bertz CT molecular complexity index is 379. The Labute approximate surface area is 96.6 Å². The normalized spacial score (nSPS) is 13.6. The molecule has 1 aromatic rings. The van der Waals surface area contributed by atoms with Gasteiger partial charge in [0.2, 0.25) is 0 Å². The molecule has 0 fully saturated rings. The minimum absolute atomic E-state index is 0.631. The lowest BCUT2D eigenvalue weighted by Gasteiger charge is -2.29. The third-order valence-electron chi connectivity index (χ3n) is 2.50. The highest BCUT2D eigenvalue weighted by Crippen LogP contribution is 2.30. The highest BCUT2D eigenvalue weighted by atomic mass is 79.9. The summed E-state index contributed by atoms with van der Waals surface area (Å²) < 4.78 is 0.631. The third kappa shape index (κ3) is 2.35. The number of aliphatic carboxylic acids is 1. The van der Waals surface area contributed by atoms with E-state index in [4.69, 9.17) is 10.8 Å². The molecule has 0 saturated heterocycles. The standard InChI is InChI=1S/C10H13BrN2O2/c1-10(2,7(12)9(14)15)6-4-3-5-13-8(6)11/h3-5,7H,12H2,1-2H3,(H,14,15). The summed E-state index contributed by atoms with van der Waals surface area (Å²) in [6, 6.07) is 2.62. The Morgan fingerprint density at radius 2 is 2.27 bits per heavy atom. The zero-order chi connectivity index (χ0) is 11.6. The minimum atomic E-state index is -1.02. The van der Waals surface area contributed by atoms with Crippen LogP contribution in [0.1, 0.15) is 19.4 Å². The van der Waals surface area contributed by atoms with Crippen LogP contribution in [-0.2, 0) is 10.2 Å². The van der Waals surface area contributed by atoms with Crippen LogP contribution in [0.15, 0.2) is 22.9 Å². The number of nitrogens with two attached hydrogens (primary N) is 1. The summed E-state index contributed by atoms with van der Waals surface area (Å²) in [4.78, 5) is 14.9. The summed E-state index contributed by atoms with van der Waals surface area (Å²) >= 11 is 3.29. The third-order valence-corrected chi connectivity index (χ3v) is 3.13. The quantitative estimate of drug-likeness (QED) is 0.819. The van der Waals surface area contributed by atoms with Gasteiger partial charge in [0.15, 0.2) is 0 Å². The lowest BCUT2D eigenvalue weighted by molar-refractivity contribution is -0.140. The minimum Gasteiger partial charge on any atom is -0.480 e. The van der Waals surface area contributed by atoms with Crippen molar-refractivity contribution in [3.05, 3.63) is 28.5 Å². The zero-order valence-electron chi connectivity index (χ0n) is 8.57. The molecule has 3 N–H and O–H groups in total. The lowest BCUT2D eigenvalue weighted by Crippen LogP contribution is -2.47. The smallest absolute Gasteiger partial charge is 0.321 e. The first-order chi connectivity index (χ1) is 6.87. The molecule has 1 heterocycles. The van der Waals surface area contributed by atoms with Crippen molar-refractivity contribution in [2.75, 3.05) is 0 Å². The van der Waals surface area contributed by atoms with E-state index in [9.17, 15) is 4.79 Å². The zero-order valence-corrected chi connectivity index (χ0v) is 10.2. The summed E-state index contributed by atoms with van der Waals surface area (Å²) in [5, 5.41) is 8.91. The summed E-state index contributed by atoms with van der Waals surface area (Å²) in [5.41, 5.74) is 5.77. The fourth-order valence-corrected chi connectivity index (χ4v) is 2.10. The monoisotopic (exact) mass is 272 g/mol. The van der Waals surface area contributed by atoms with Gasteiger partial charge < -0.3 is 10.8 Å². The number of carboxylic acids is 1. The van der Waals surface area contributed by atoms with Crippen LogP contribution >= 0.6 is 15.9 Å². The topological polar surface area (TPSA) is 76.2 Å². The predicted molar refractivity (Wildman–Crippen MR) is 60.6 cm³/mol. The molecular formula is C10H13BrN2O2. The number of halogens is 1. The van der Waals surface area contributed by atoms with Gasteiger partial charge in [0.1, 0.15) is 10.6 Å². The van der Waals surface area contributed by atoms with Crippen molar-refractivity contribution in [1.82, 2.24) is 4.98 Å². The number of carboxylic acid groups (broad SMARTS) is 1. The second-order valence-corrected chi connectivity index (χ2v) is 4.63. The Kier molecular flexibility index (Phi) is 3.46. The van der Waals surface area contributed by atoms with Crippen LogP contribution in [0.3, 0.4) is 0 Å². The van der Waals surface area contributed by atoms with E-state index in [0.29, 0.717) is 4.60 Å². The number of nitrogens with zero attached hydrogens (tertiary/aromatic N) is 1. The van der Waals surface area contributed by atoms with E-state index in [1.165, 1.54) is 0 Å². The van der Waals surface area contributed by atoms with E-state index in [-0.39, 0.29) is 0 Å². The Balaban J connectivity index is 3.16. The maximum atomic E-state index is 10.9. The lowest BCUT2D eigenvalue weighted by atomic mass is 9.79. The Hall–Kier alpha value is -0.940. The first kappa shape index (κ1) is 12.1. The first-order valence-electron chi connectivity index (χ1n) is 4.46. The van der Waals surface area contributed by atoms with Gasteiger partial charge >= 0.3 is 5.97 Å². The van der Waals surface area contributed by atoms with Crippen molar-refractivity contribution >= 4 is 21.9 Å². The largest absolute Gasteiger partial charge is 0.480 e. The highest BCUT2D eigenvalue weighted by Gasteiger charge is 2.35. The van der Waals surface area contributed by atoms with Crippen LogP contribution in [0.2, 0.25) is 0 Å². The van der Waals surface area contributed by atoms with E-state index in [1.54, 1.807) is 26.1 Å². The highest BCUT2D eigenvalue weighted by molar-refractivity contribution is 9.10. The molecule has 0 aliphatic carbocycles. The van der Waals surface area contributed by atoms with Crippen LogP contribution in [0.4, 0.5) is 0 Å². The van der Waals surface area contributed by atoms with Crippen LogP contribution < -0.4 is 5.73 Å². The molecule has 1 rings (SSSR count). The maximum Gasteiger partial charge on any atom is 0.321 e. The summed E-state index contributed by atoms with van der Waals surface area (Å²) in [7, 11) is 0. The molecule has 0 amide bonds. The van der Waals surface area contributed by atoms with Crippen molar-refractivity contribution in [2.24, 2.45) is 5.73 Å². The van der Waals surface area contributed by atoms with Crippen LogP contribution in [0.5, 0.6) is 0 Å². The van der Waals surface area contributed by atoms with E-state index >= 15 is 0 Å². The molecule has 0 spiro atoms. The van der Waals surface area contributed by atoms with Crippen molar-refractivity contribution in [1.29, 1.82) is 0 Å². The van der Waals surface area contributed by atoms with E-state index in [2.05, 4.69) is 20.9 Å². The van der Waals surface area contributed by atoms with Gasteiger partial charge in [-0.25, -0.2) is 4.98 Å². The van der Waals surface area contributed by atoms with Gasteiger partial charge in [-0.2, -0.15) is 0 Å². The number of pyridine rings is 1. The molecule has 0 bridgehead atoms. The number of hydrogen-bond acceptors (Lipinski definition) is 3. The van der Waals surface area contributed by atoms with Gasteiger partial charge in [0.05, 0.1) is 0 Å². The van der Waals surface area contributed by atoms with Crippen LogP contribution in [-0.4, -0.2) is 22.1 Å². The van der Waals surface area contributed by atoms with Crippen molar-refractivity contribution < 1.29 is 9.90 Å². The van der Waals surface area contributed by atoms with Crippen molar-refractivity contribution in [3.8, 4) is 0 Å². The molecule has 0 aliphatic rings. The second-order valence-electron chi connectivity index (χ2n) is 3.88. The van der Waals surface area contributed by atoms with Gasteiger partial charge in [-0.05, 0) is 27.6 Å². The van der Waals surface area contributed by atoms with Crippen LogP contribution in [0, 0.1) is 0 Å². The molecule has 5 heteroatoms. The molecular weight excluding hydrogens is 260 g/mol. The molecule has 1 atom stereocenters. The number of carbonyl (C=O) groups is 1. The number of aromatic nitrogens is 1. The summed E-state index contributed by atoms with van der Waals surface area (Å²) in [5.74, 6) is -1.02. The molecule has 82 valence electrons. The van der Waals surface area contributed by atoms with Gasteiger partial charge in [0, 0.05) is 11.6 Å². The van der Waals surface area contributed by atoms with Gasteiger partial charge in [-0.1, -0.05) is 19.9 Å². The molecule has 4 nitrogen and oxygen atoms in total. The molecule has 0 aliphatic heterocycles. The van der Waals surface area contributed by atoms with Crippen molar-refractivity contribution in [3.63, 3.8) is 0 Å². The average Bonchev–Trinajstić information content (AvgIpc) is 2.16. The van der Waals surface area contributed by atoms with Gasteiger partial charge in [-0.3, -0.25) is 4.79 Å². The van der Waals surface area contributed by atoms with Gasteiger partial charge in [0.25, 0.3) is 0 Å². The number of rotatable bonds is 3. The molecule has 1 unspecified atom stereocenters. The number of hydrogen-bond donors (Lipinski definition) is 2. The summed E-state index contributed by atoms with van der Waals surface area (Å²) in [6.07, 6.45) is 1.63. The molecule has 0 aromatic carbocycles. The fourth-order valence-electron chi connectivity index (χ4n) is 1.34. The van der Waals surface area contributed by atoms with E-state index < -0.39 is 17.4 Å². The van der Waals surface area contributed by atoms with E-state index in [0.717, 1.165) is 5.56 Å². The van der Waals surface area contributed by atoms with Gasteiger partial charge in [-0.15, -0.1) is 0 Å². The molecule has 1 aromatic heterocycles. The SMILES string of the molecule is CC(C)(c1cccnc1Br)C(N)C(=O)O. The Morgan fingerprint density at radius 1 is 1.67 bits per heavy atom. The fraction of sp³-hybridized carbons (Fsp3) is 0.400. The predicted octanol–water partition coefficient (Wildman–Crippen LogP) is 1.53. The molecule has 15 heavy (non-hydrogen) atoms. The Morgan fingerprint density at radius 3 is 2.73 bits per heavy atom. The molecule has 0 saturated carbocycles. The summed E-state index contributed by atoms with van der Waals surface area (Å²) in [6.45, 7) is 3.57. The van der Waals surface area contributed by atoms with E-state index in [1.807, 2.05) is 6.07 Å². The average molecular weight is 273 g/mol. The molecule has 0 radical (unpaired) electrons. The second kappa shape index (κ2) is 4.28.